The molecule has 0 aliphatic carbocycles. The van der Waals surface area contributed by atoms with Crippen LogP contribution in [0.3, 0.4) is 0 Å². The number of nitrogens with one attached hydrogen (secondary N) is 2. The van der Waals surface area contributed by atoms with Crippen LogP contribution in [0.2, 0.25) is 0 Å². The highest BCUT2D eigenvalue weighted by Gasteiger charge is 2.10. The molecule has 0 atom stereocenters. The number of carbonyl (C=O) groups excluding carboxylic acids is 1. The first-order chi connectivity index (χ1) is 14.5. The number of carbonyl (C=O) groups is 1. The molecule has 1 aromatic rings. The van der Waals surface area contributed by atoms with Gasteiger partial charge in [0, 0.05) is 40.3 Å². The van der Waals surface area contributed by atoms with Gasteiger partial charge in [-0.05, 0) is 43.5 Å². The van der Waals surface area contributed by atoms with Crippen LogP contribution in [0.4, 0.5) is 0 Å². The molecule has 1 heterocycles. The predicted octanol–water partition coefficient (Wildman–Crippen LogP) is 0.892. The van der Waals surface area contributed by atoms with Crippen LogP contribution in [-0.2, 0) is 16.0 Å². The number of guanidine groups is 1. The molecule has 8 nitrogen and oxygen atoms in total. The average Bonchev–Trinajstić information content (AvgIpc) is 2.75. The first-order valence-corrected chi connectivity index (χ1v) is 10.7. The summed E-state index contributed by atoms with van der Waals surface area (Å²) in [6.07, 6.45) is 1.85. The van der Waals surface area contributed by atoms with E-state index < -0.39 is 0 Å². The molecule has 0 unspecified atom stereocenters. The van der Waals surface area contributed by atoms with E-state index in [1.54, 1.807) is 26.1 Å². The number of aliphatic imine (C=N–C) groups is 1. The van der Waals surface area contributed by atoms with E-state index in [1.165, 1.54) is 5.56 Å². The Bertz CT molecular complexity index is 687. The number of likely N-dealkylation sites (N-methyl/N-ethyl adjacent to an activating group) is 1. The van der Waals surface area contributed by atoms with Gasteiger partial charge in [-0.1, -0.05) is 12.1 Å². The maximum atomic E-state index is 11.9. The minimum atomic E-state index is -0.0207. The topological polar surface area (TPSA) is 78.4 Å². The molecule has 1 aromatic carbocycles. The second-order valence-electron chi connectivity index (χ2n) is 7.67. The molecular formula is C22H37N5O3. The number of hydrogen-bond acceptors (Lipinski definition) is 5. The molecule has 2 N–H and O–H groups in total. The summed E-state index contributed by atoms with van der Waals surface area (Å²) in [4.78, 5) is 20.3. The second-order valence-corrected chi connectivity index (χ2v) is 7.67. The Morgan fingerprint density at radius 2 is 1.97 bits per heavy atom. The number of amides is 1. The second kappa shape index (κ2) is 13.1. The van der Waals surface area contributed by atoms with Crippen LogP contribution in [0.1, 0.15) is 17.5 Å². The Balaban J connectivity index is 1.82. The summed E-state index contributed by atoms with van der Waals surface area (Å²) in [7, 11) is 5.18. The SMILES string of the molecule is COc1cc(CCNC(=NCC(=O)N(C)C)NCCCN2CCOCC2)ccc1C. The van der Waals surface area contributed by atoms with Crippen molar-refractivity contribution in [3.8, 4) is 5.75 Å². The van der Waals surface area contributed by atoms with Crippen LogP contribution in [0.15, 0.2) is 23.2 Å². The lowest BCUT2D eigenvalue weighted by atomic mass is 10.1. The van der Waals surface area contributed by atoms with Gasteiger partial charge in [0.1, 0.15) is 12.3 Å². The number of morpholine rings is 1. The van der Waals surface area contributed by atoms with Gasteiger partial charge in [-0.2, -0.15) is 0 Å². The third kappa shape index (κ3) is 8.59. The third-order valence-corrected chi connectivity index (χ3v) is 5.10. The van der Waals surface area contributed by atoms with Gasteiger partial charge in [-0.3, -0.25) is 9.69 Å². The number of aryl methyl sites for hydroxylation is 1. The molecule has 1 aliphatic rings. The molecule has 168 valence electrons. The van der Waals surface area contributed by atoms with Crippen molar-refractivity contribution in [3.63, 3.8) is 0 Å². The van der Waals surface area contributed by atoms with Gasteiger partial charge in [-0.15, -0.1) is 0 Å². The van der Waals surface area contributed by atoms with E-state index in [0.717, 1.165) is 70.1 Å². The third-order valence-electron chi connectivity index (χ3n) is 5.10. The number of ether oxygens (including phenoxy) is 2. The van der Waals surface area contributed by atoms with E-state index in [1.807, 2.05) is 6.92 Å². The Labute approximate surface area is 180 Å². The van der Waals surface area contributed by atoms with Gasteiger partial charge >= 0.3 is 0 Å². The van der Waals surface area contributed by atoms with E-state index in [4.69, 9.17) is 9.47 Å². The molecule has 1 fully saturated rings. The summed E-state index contributed by atoms with van der Waals surface area (Å²) >= 11 is 0. The van der Waals surface area contributed by atoms with Crippen LogP contribution in [-0.4, -0.2) is 95.4 Å². The Morgan fingerprint density at radius 3 is 2.67 bits per heavy atom. The summed E-state index contributed by atoms with van der Waals surface area (Å²) in [5, 5.41) is 6.70. The average molecular weight is 420 g/mol. The highest BCUT2D eigenvalue weighted by Crippen LogP contribution is 2.18. The van der Waals surface area contributed by atoms with Crippen LogP contribution in [0.25, 0.3) is 0 Å². The van der Waals surface area contributed by atoms with Gasteiger partial charge < -0.3 is 25.0 Å². The molecule has 1 amide bonds. The molecule has 0 saturated carbocycles. The fraction of sp³-hybridized carbons (Fsp3) is 0.636. The first kappa shape index (κ1) is 24.0. The lowest BCUT2D eigenvalue weighted by Crippen LogP contribution is -2.41. The number of hydrogen-bond donors (Lipinski definition) is 2. The number of benzene rings is 1. The van der Waals surface area contributed by atoms with Gasteiger partial charge in [0.2, 0.25) is 5.91 Å². The minimum Gasteiger partial charge on any atom is -0.496 e. The van der Waals surface area contributed by atoms with Crippen LogP contribution >= 0.6 is 0 Å². The van der Waals surface area contributed by atoms with Crippen molar-refractivity contribution in [1.29, 1.82) is 0 Å². The van der Waals surface area contributed by atoms with Gasteiger partial charge in [0.15, 0.2) is 5.96 Å². The van der Waals surface area contributed by atoms with E-state index in [0.29, 0.717) is 5.96 Å². The van der Waals surface area contributed by atoms with Crippen molar-refractivity contribution >= 4 is 11.9 Å². The zero-order valence-corrected chi connectivity index (χ0v) is 18.9. The quantitative estimate of drug-likeness (QED) is 0.333. The molecular weight excluding hydrogens is 382 g/mol. The minimum absolute atomic E-state index is 0.0207. The fourth-order valence-electron chi connectivity index (χ4n) is 3.14. The zero-order valence-electron chi connectivity index (χ0n) is 18.9. The molecule has 0 aromatic heterocycles. The summed E-state index contributed by atoms with van der Waals surface area (Å²) in [6, 6.07) is 6.25. The van der Waals surface area contributed by atoms with E-state index in [9.17, 15) is 4.79 Å². The molecule has 2 rings (SSSR count). The normalized spacial score (nSPS) is 15.0. The number of nitrogens with zero attached hydrogens (tertiary/aromatic N) is 3. The van der Waals surface area contributed by atoms with Crippen molar-refractivity contribution < 1.29 is 14.3 Å². The Morgan fingerprint density at radius 1 is 1.23 bits per heavy atom. The lowest BCUT2D eigenvalue weighted by Gasteiger charge is -2.26. The fourth-order valence-corrected chi connectivity index (χ4v) is 3.14. The molecule has 0 bridgehead atoms. The number of rotatable bonds is 10. The van der Waals surface area contributed by atoms with Crippen LogP contribution < -0.4 is 15.4 Å². The Hall–Kier alpha value is -2.32. The smallest absolute Gasteiger partial charge is 0.243 e. The van der Waals surface area contributed by atoms with Crippen molar-refractivity contribution in [2.45, 2.75) is 19.8 Å². The van der Waals surface area contributed by atoms with Crippen molar-refractivity contribution in [2.75, 3.05) is 73.7 Å². The summed E-state index contributed by atoms with van der Waals surface area (Å²) in [6.45, 7) is 8.35. The zero-order chi connectivity index (χ0) is 21.8. The molecule has 30 heavy (non-hydrogen) atoms. The first-order valence-electron chi connectivity index (χ1n) is 10.7. The lowest BCUT2D eigenvalue weighted by molar-refractivity contribution is -0.127. The van der Waals surface area contributed by atoms with Crippen molar-refractivity contribution in [3.05, 3.63) is 29.3 Å². The largest absolute Gasteiger partial charge is 0.496 e. The van der Waals surface area contributed by atoms with Gasteiger partial charge in [0.25, 0.3) is 0 Å². The van der Waals surface area contributed by atoms with Gasteiger partial charge in [-0.25, -0.2) is 4.99 Å². The van der Waals surface area contributed by atoms with E-state index >= 15 is 0 Å². The van der Waals surface area contributed by atoms with Crippen LogP contribution in [0, 0.1) is 6.92 Å². The summed E-state index contributed by atoms with van der Waals surface area (Å²) in [5.74, 6) is 1.55. The Kier molecular flexibility index (Phi) is 10.4. The number of methoxy groups -OCH3 is 1. The van der Waals surface area contributed by atoms with E-state index in [-0.39, 0.29) is 12.5 Å². The maximum Gasteiger partial charge on any atom is 0.243 e. The molecule has 8 heteroatoms. The van der Waals surface area contributed by atoms with Gasteiger partial charge in [0.05, 0.1) is 20.3 Å². The monoisotopic (exact) mass is 419 g/mol. The molecule has 1 saturated heterocycles. The van der Waals surface area contributed by atoms with Crippen LogP contribution in [0.5, 0.6) is 5.75 Å². The van der Waals surface area contributed by atoms with Crippen molar-refractivity contribution in [2.24, 2.45) is 4.99 Å². The maximum absolute atomic E-state index is 11.9. The van der Waals surface area contributed by atoms with Crippen molar-refractivity contribution in [1.82, 2.24) is 20.4 Å². The summed E-state index contributed by atoms with van der Waals surface area (Å²) in [5.41, 5.74) is 2.32. The summed E-state index contributed by atoms with van der Waals surface area (Å²) < 4.78 is 10.8. The van der Waals surface area contributed by atoms with E-state index in [2.05, 4.69) is 38.7 Å². The predicted molar refractivity (Wildman–Crippen MR) is 120 cm³/mol. The molecule has 0 radical (unpaired) electrons. The molecule has 1 aliphatic heterocycles. The highest BCUT2D eigenvalue weighted by molar-refractivity contribution is 5.84. The highest BCUT2D eigenvalue weighted by atomic mass is 16.5. The molecule has 0 spiro atoms. The standard InChI is InChI=1S/C22H37N5O3/c1-18-6-7-19(16-20(18)29-4)8-10-24-22(25-17-21(28)26(2)3)23-9-5-11-27-12-14-30-15-13-27/h6-7,16H,5,8-15,17H2,1-4H3,(H2,23,24,25).